The Bertz CT molecular complexity index is 921. The van der Waals surface area contributed by atoms with Crippen molar-refractivity contribution in [2.75, 3.05) is 13.2 Å². The molecule has 1 amide bonds. The molecule has 0 aliphatic carbocycles. The van der Waals surface area contributed by atoms with E-state index in [9.17, 15) is 17.6 Å². The van der Waals surface area contributed by atoms with Gasteiger partial charge in [-0.25, -0.2) is 12.8 Å². The number of nitrogens with zero attached hydrogens (tertiary/aromatic N) is 1. The summed E-state index contributed by atoms with van der Waals surface area (Å²) in [5.41, 5.74) is 0. The van der Waals surface area contributed by atoms with E-state index in [4.69, 9.17) is 4.74 Å². The lowest BCUT2D eigenvalue weighted by Gasteiger charge is -2.25. The van der Waals surface area contributed by atoms with Gasteiger partial charge in [-0.05, 0) is 44.0 Å². The van der Waals surface area contributed by atoms with Crippen molar-refractivity contribution >= 4 is 15.9 Å². The molecule has 1 N–H and O–H groups in total. The predicted molar refractivity (Wildman–Crippen MR) is 103 cm³/mol. The third-order valence-electron chi connectivity index (χ3n) is 4.57. The quantitative estimate of drug-likeness (QED) is 0.767. The monoisotopic (exact) mass is 406 g/mol. The third kappa shape index (κ3) is 4.51. The predicted octanol–water partition coefficient (Wildman–Crippen LogP) is 2.56. The first-order chi connectivity index (χ1) is 13.4. The molecular weight excluding hydrogens is 383 g/mol. The smallest absolute Gasteiger partial charge is 0.243 e. The third-order valence-corrected chi connectivity index (χ3v) is 6.49. The topological polar surface area (TPSA) is 75.7 Å². The number of rotatable bonds is 7. The number of halogens is 1. The molecule has 3 rings (SSSR count). The van der Waals surface area contributed by atoms with Crippen molar-refractivity contribution in [2.24, 2.45) is 0 Å². The molecule has 0 spiro atoms. The van der Waals surface area contributed by atoms with Crippen LogP contribution in [0, 0.1) is 5.82 Å². The molecule has 2 aromatic carbocycles. The number of sulfonamides is 1. The van der Waals surface area contributed by atoms with E-state index < -0.39 is 27.9 Å². The normalized spacial score (nSPS) is 18.6. The van der Waals surface area contributed by atoms with Gasteiger partial charge in [0.15, 0.2) is 11.6 Å². The standard InChI is InChI=1S/C20H23FN2O4S/c1-15(14-27-19-12-6-5-10-17(19)21)22-20(24)18-11-7-13-23(18)28(25,26)16-8-3-2-4-9-16/h2-6,8-10,12,15,18H,7,11,13-14H2,1H3,(H,22,24). The van der Waals surface area contributed by atoms with Crippen molar-refractivity contribution in [3.05, 3.63) is 60.4 Å². The maximum absolute atomic E-state index is 13.6. The highest BCUT2D eigenvalue weighted by Gasteiger charge is 2.39. The highest BCUT2D eigenvalue weighted by Crippen LogP contribution is 2.26. The Balaban J connectivity index is 1.62. The van der Waals surface area contributed by atoms with Gasteiger partial charge < -0.3 is 10.1 Å². The number of para-hydroxylation sites is 1. The van der Waals surface area contributed by atoms with Gasteiger partial charge in [-0.2, -0.15) is 4.31 Å². The van der Waals surface area contributed by atoms with Gasteiger partial charge in [0, 0.05) is 6.54 Å². The molecule has 0 aromatic heterocycles. The van der Waals surface area contributed by atoms with Crippen LogP contribution < -0.4 is 10.1 Å². The molecule has 2 unspecified atom stereocenters. The Labute approximate surface area is 164 Å². The zero-order chi connectivity index (χ0) is 20.1. The van der Waals surface area contributed by atoms with Crippen LogP contribution in [0.4, 0.5) is 4.39 Å². The molecule has 2 atom stereocenters. The fourth-order valence-corrected chi connectivity index (χ4v) is 4.85. The van der Waals surface area contributed by atoms with E-state index in [-0.39, 0.29) is 23.2 Å². The number of ether oxygens (including phenoxy) is 1. The minimum atomic E-state index is -3.74. The van der Waals surface area contributed by atoms with Crippen molar-refractivity contribution in [3.63, 3.8) is 0 Å². The molecule has 2 aromatic rings. The molecule has 1 aliphatic heterocycles. The Morgan fingerprint density at radius 1 is 1.21 bits per heavy atom. The second-order valence-corrected chi connectivity index (χ2v) is 8.63. The molecule has 1 aliphatic rings. The highest BCUT2D eigenvalue weighted by atomic mass is 32.2. The van der Waals surface area contributed by atoms with Crippen LogP contribution in [-0.2, 0) is 14.8 Å². The van der Waals surface area contributed by atoms with Gasteiger partial charge in [0.1, 0.15) is 12.6 Å². The molecule has 1 fully saturated rings. The van der Waals surface area contributed by atoms with Crippen LogP contribution in [0.5, 0.6) is 5.75 Å². The van der Waals surface area contributed by atoms with Gasteiger partial charge in [-0.3, -0.25) is 4.79 Å². The lowest BCUT2D eigenvalue weighted by atomic mass is 10.2. The van der Waals surface area contributed by atoms with Crippen molar-refractivity contribution < 1.29 is 22.3 Å². The van der Waals surface area contributed by atoms with Crippen molar-refractivity contribution in [3.8, 4) is 5.75 Å². The zero-order valence-electron chi connectivity index (χ0n) is 15.5. The van der Waals surface area contributed by atoms with Crippen LogP contribution in [-0.4, -0.2) is 43.9 Å². The van der Waals surface area contributed by atoms with Crippen molar-refractivity contribution in [1.29, 1.82) is 0 Å². The summed E-state index contributed by atoms with van der Waals surface area (Å²) in [7, 11) is -3.74. The number of hydrogen-bond donors (Lipinski definition) is 1. The lowest BCUT2D eigenvalue weighted by molar-refractivity contribution is -0.125. The summed E-state index contributed by atoms with van der Waals surface area (Å²) in [6.45, 7) is 2.10. The van der Waals surface area contributed by atoms with Crippen LogP contribution in [0.1, 0.15) is 19.8 Å². The van der Waals surface area contributed by atoms with Crippen molar-refractivity contribution in [2.45, 2.75) is 36.7 Å². The van der Waals surface area contributed by atoms with Crippen LogP contribution in [0.3, 0.4) is 0 Å². The van der Waals surface area contributed by atoms with Gasteiger partial charge >= 0.3 is 0 Å². The number of amides is 1. The molecule has 150 valence electrons. The maximum atomic E-state index is 13.6. The summed E-state index contributed by atoms with van der Waals surface area (Å²) in [4.78, 5) is 12.8. The van der Waals surface area contributed by atoms with Crippen LogP contribution >= 0.6 is 0 Å². The molecule has 6 nitrogen and oxygen atoms in total. The van der Waals surface area contributed by atoms with Gasteiger partial charge in [0.2, 0.25) is 15.9 Å². The maximum Gasteiger partial charge on any atom is 0.243 e. The Morgan fingerprint density at radius 2 is 1.89 bits per heavy atom. The van der Waals surface area contributed by atoms with Gasteiger partial charge in [-0.15, -0.1) is 0 Å². The van der Waals surface area contributed by atoms with Crippen molar-refractivity contribution in [1.82, 2.24) is 9.62 Å². The van der Waals surface area contributed by atoms with Gasteiger partial charge in [0.05, 0.1) is 10.9 Å². The van der Waals surface area contributed by atoms with E-state index >= 15 is 0 Å². The van der Waals surface area contributed by atoms with Crippen LogP contribution in [0.2, 0.25) is 0 Å². The largest absolute Gasteiger partial charge is 0.488 e. The first-order valence-electron chi connectivity index (χ1n) is 9.14. The molecule has 1 saturated heterocycles. The fraction of sp³-hybridized carbons (Fsp3) is 0.350. The molecule has 1 heterocycles. The minimum Gasteiger partial charge on any atom is -0.488 e. The first kappa shape index (κ1) is 20.3. The Morgan fingerprint density at radius 3 is 2.61 bits per heavy atom. The molecule has 28 heavy (non-hydrogen) atoms. The van der Waals surface area contributed by atoms with Gasteiger partial charge in [-0.1, -0.05) is 30.3 Å². The molecule has 0 radical (unpaired) electrons. The second-order valence-electron chi connectivity index (χ2n) is 6.74. The molecule has 8 heteroatoms. The van der Waals surface area contributed by atoms with E-state index in [0.717, 1.165) is 0 Å². The number of carbonyl (C=O) groups excluding carboxylic acids is 1. The summed E-state index contributed by atoms with van der Waals surface area (Å²) in [5.74, 6) is -0.740. The molecule has 0 saturated carbocycles. The first-order valence-corrected chi connectivity index (χ1v) is 10.6. The highest BCUT2D eigenvalue weighted by molar-refractivity contribution is 7.89. The SMILES string of the molecule is CC(COc1ccccc1F)NC(=O)C1CCCN1S(=O)(=O)c1ccccc1. The van der Waals surface area contributed by atoms with Gasteiger partial charge in [0.25, 0.3) is 0 Å². The number of hydrogen-bond acceptors (Lipinski definition) is 4. The Hall–Kier alpha value is -2.45. The van der Waals surface area contributed by atoms with E-state index in [1.54, 1.807) is 37.3 Å². The number of carbonyl (C=O) groups is 1. The lowest BCUT2D eigenvalue weighted by Crippen LogP contribution is -2.49. The summed E-state index contributed by atoms with van der Waals surface area (Å²) < 4.78 is 46.0. The fourth-order valence-electron chi connectivity index (χ4n) is 3.18. The average Bonchev–Trinajstić information content (AvgIpc) is 3.19. The summed E-state index contributed by atoms with van der Waals surface area (Å²) >= 11 is 0. The van der Waals surface area contributed by atoms with E-state index in [0.29, 0.717) is 19.4 Å². The number of benzene rings is 2. The van der Waals surface area contributed by atoms with E-state index in [2.05, 4.69) is 5.32 Å². The summed E-state index contributed by atoms with van der Waals surface area (Å²) in [6.07, 6.45) is 1.07. The second kappa shape index (κ2) is 8.70. The van der Waals surface area contributed by atoms with Crippen LogP contribution in [0.15, 0.2) is 59.5 Å². The Kier molecular flexibility index (Phi) is 6.31. The molecular formula is C20H23FN2O4S. The summed E-state index contributed by atoms with van der Waals surface area (Å²) in [5, 5.41) is 2.77. The van der Waals surface area contributed by atoms with Crippen LogP contribution in [0.25, 0.3) is 0 Å². The average molecular weight is 406 g/mol. The minimum absolute atomic E-state index is 0.0742. The number of nitrogens with one attached hydrogen (secondary N) is 1. The summed E-state index contributed by atoms with van der Waals surface area (Å²) in [6, 6.07) is 12.9. The van der Waals surface area contributed by atoms with E-state index in [1.807, 2.05) is 0 Å². The van der Waals surface area contributed by atoms with E-state index in [1.165, 1.54) is 28.6 Å². The molecule has 0 bridgehead atoms. The zero-order valence-corrected chi connectivity index (χ0v) is 16.4.